The summed E-state index contributed by atoms with van der Waals surface area (Å²) in [5.74, 6) is 0. The van der Waals surface area contributed by atoms with Crippen molar-refractivity contribution in [1.29, 1.82) is 0 Å². The van der Waals surface area contributed by atoms with E-state index in [1.165, 1.54) is 42.4 Å². The van der Waals surface area contributed by atoms with Gasteiger partial charge in [-0.05, 0) is 59.4 Å². The van der Waals surface area contributed by atoms with Gasteiger partial charge in [-0.2, -0.15) is 0 Å². The van der Waals surface area contributed by atoms with Gasteiger partial charge < -0.3 is 0 Å². The molecule has 0 radical (unpaired) electrons. The van der Waals surface area contributed by atoms with Gasteiger partial charge in [-0.3, -0.25) is 0 Å². The fourth-order valence-electron chi connectivity index (χ4n) is 3.66. The van der Waals surface area contributed by atoms with E-state index in [0.717, 1.165) is 17.9 Å². The maximum atomic E-state index is 6.20. The molecule has 0 nitrogen and oxygen atoms in total. The van der Waals surface area contributed by atoms with Crippen molar-refractivity contribution in [1.82, 2.24) is 0 Å². The Labute approximate surface area is 138 Å². The molecule has 1 aliphatic carbocycles. The number of rotatable bonds is 0. The molecule has 0 N–H and O–H groups in total. The zero-order chi connectivity index (χ0) is 14.7. The number of hydrogen-bond acceptors (Lipinski definition) is 1. The Balaban J connectivity index is 1.98. The summed E-state index contributed by atoms with van der Waals surface area (Å²) >= 11 is 8.08. The topological polar surface area (TPSA) is 0 Å². The number of hydrogen-bond donors (Lipinski definition) is 0. The van der Waals surface area contributed by atoms with E-state index < -0.39 is 0 Å². The summed E-state index contributed by atoms with van der Waals surface area (Å²) in [5, 5.41) is 3.63. The van der Waals surface area contributed by atoms with E-state index in [1.54, 1.807) is 0 Å². The molecule has 1 heterocycles. The average Bonchev–Trinajstić information content (AvgIpc) is 2.92. The quantitative estimate of drug-likeness (QED) is 0.348. The first-order valence-electron chi connectivity index (χ1n) is 7.53. The minimum absolute atomic E-state index is 0.838. The monoisotopic (exact) mass is 320 g/mol. The molecule has 106 valence electrons. The molecule has 1 aliphatic rings. The van der Waals surface area contributed by atoms with E-state index in [0.29, 0.717) is 0 Å². The molecule has 0 bridgehead atoms. The third kappa shape index (κ3) is 1.70. The van der Waals surface area contributed by atoms with Crippen LogP contribution < -0.4 is 0 Å². The standard InChI is InChI=1S/C20H13ClS/c21-14-8-9-15-13(11-14)6-5-12-7-10-18-20(19(12)15)16-3-1-2-4-17(16)22-18/h1-4,7-11H,5-6H2. The highest BCUT2D eigenvalue weighted by Crippen LogP contribution is 2.45. The third-order valence-electron chi connectivity index (χ3n) is 4.63. The van der Waals surface area contributed by atoms with Gasteiger partial charge in [-0.1, -0.05) is 41.9 Å². The molecule has 4 aromatic rings. The van der Waals surface area contributed by atoms with Crippen LogP contribution in [0.5, 0.6) is 0 Å². The fraction of sp³-hybridized carbons (Fsp3) is 0.100. The highest BCUT2D eigenvalue weighted by molar-refractivity contribution is 7.25. The van der Waals surface area contributed by atoms with Gasteiger partial charge in [-0.25, -0.2) is 0 Å². The second-order valence-electron chi connectivity index (χ2n) is 5.87. The van der Waals surface area contributed by atoms with Crippen LogP contribution in [0.2, 0.25) is 5.02 Å². The maximum absolute atomic E-state index is 6.20. The fourth-order valence-corrected chi connectivity index (χ4v) is 4.97. The normalized spacial score (nSPS) is 13.3. The molecule has 22 heavy (non-hydrogen) atoms. The Hall–Kier alpha value is -1.83. The summed E-state index contributed by atoms with van der Waals surface area (Å²) < 4.78 is 2.75. The van der Waals surface area contributed by atoms with Gasteiger partial charge >= 0.3 is 0 Å². The molecular formula is C20H13ClS. The Bertz CT molecular complexity index is 1040. The molecule has 5 rings (SSSR count). The van der Waals surface area contributed by atoms with E-state index in [2.05, 4.69) is 48.5 Å². The molecule has 0 aliphatic heterocycles. The third-order valence-corrected chi connectivity index (χ3v) is 6.00. The zero-order valence-electron chi connectivity index (χ0n) is 11.9. The molecule has 0 atom stereocenters. The largest absolute Gasteiger partial charge is 0.135 e. The van der Waals surface area contributed by atoms with Gasteiger partial charge in [0.2, 0.25) is 0 Å². The van der Waals surface area contributed by atoms with Crippen LogP contribution in [-0.2, 0) is 12.8 Å². The molecule has 2 heteroatoms. The van der Waals surface area contributed by atoms with Crippen LogP contribution in [0.3, 0.4) is 0 Å². The Morgan fingerprint density at radius 3 is 2.64 bits per heavy atom. The van der Waals surface area contributed by atoms with Crippen molar-refractivity contribution in [3.8, 4) is 11.1 Å². The molecule has 0 unspecified atom stereocenters. The van der Waals surface area contributed by atoms with Crippen LogP contribution in [0.4, 0.5) is 0 Å². The van der Waals surface area contributed by atoms with Crippen molar-refractivity contribution in [3.05, 3.63) is 70.7 Å². The van der Waals surface area contributed by atoms with E-state index in [4.69, 9.17) is 11.6 Å². The second-order valence-corrected chi connectivity index (χ2v) is 7.39. The van der Waals surface area contributed by atoms with Crippen LogP contribution >= 0.6 is 22.9 Å². The predicted octanol–water partition coefficient (Wildman–Crippen LogP) is 6.47. The lowest BCUT2D eigenvalue weighted by molar-refractivity contribution is 0.945. The number of thiophene rings is 1. The van der Waals surface area contributed by atoms with E-state index >= 15 is 0 Å². The number of benzene rings is 3. The molecule has 0 saturated carbocycles. The van der Waals surface area contributed by atoms with Crippen molar-refractivity contribution in [2.45, 2.75) is 12.8 Å². The summed E-state index contributed by atoms with van der Waals surface area (Å²) in [4.78, 5) is 0. The summed E-state index contributed by atoms with van der Waals surface area (Å²) in [6.45, 7) is 0. The SMILES string of the molecule is Clc1ccc2c(c1)CCc1ccc3sc4ccccc4c3c1-2. The molecule has 0 amide bonds. The minimum Gasteiger partial charge on any atom is -0.135 e. The summed E-state index contributed by atoms with van der Waals surface area (Å²) in [5.41, 5.74) is 5.63. The van der Waals surface area contributed by atoms with Crippen LogP contribution in [0, 0.1) is 0 Å². The van der Waals surface area contributed by atoms with Crippen molar-refractivity contribution in [2.24, 2.45) is 0 Å². The van der Waals surface area contributed by atoms with Crippen molar-refractivity contribution in [3.63, 3.8) is 0 Å². The van der Waals surface area contributed by atoms with Crippen molar-refractivity contribution >= 4 is 43.1 Å². The molecular weight excluding hydrogens is 308 g/mol. The van der Waals surface area contributed by atoms with Gasteiger partial charge in [0.25, 0.3) is 0 Å². The highest BCUT2D eigenvalue weighted by Gasteiger charge is 2.20. The van der Waals surface area contributed by atoms with Gasteiger partial charge in [-0.15, -0.1) is 11.3 Å². The molecule has 0 fully saturated rings. The minimum atomic E-state index is 0.838. The lowest BCUT2D eigenvalue weighted by atomic mass is 9.83. The highest BCUT2D eigenvalue weighted by atomic mass is 35.5. The van der Waals surface area contributed by atoms with Crippen LogP contribution in [0.15, 0.2) is 54.6 Å². The summed E-state index contributed by atoms with van der Waals surface area (Å²) in [6.07, 6.45) is 2.18. The second kappa shape index (κ2) is 4.58. The molecule has 1 aromatic heterocycles. The molecule has 0 spiro atoms. The lowest BCUT2D eigenvalue weighted by Gasteiger charge is -2.21. The predicted molar refractivity (Wildman–Crippen MR) is 97.2 cm³/mol. The smallest absolute Gasteiger partial charge is 0.0409 e. The van der Waals surface area contributed by atoms with E-state index in [1.807, 2.05) is 17.4 Å². The Morgan fingerprint density at radius 1 is 0.818 bits per heavy atom. The van der Waals surface area contributed by atoms with E-state index in [-0.39, 0.29) is 0 Å². The summed E-state index contributed by atoms with van der Waals surface area (Å²) in [7, 11) is 0. The maximum Gasteiger partial charge on any atom is 0.0409 e. The van der Waals surface area contributed by atoms with Gasteiger partial charge in [0, 0.05) is 25.2 Å². The summed E-state index contributed by atoms with van der Waals surface area (Å²) in [6, 6.07) is 19.7. The first-order chi connectivity index (χ1) is 10.8. The van der Waals surface area contributed by atoms with Crippen molar-refractivity contribution < 1.29 is 0 Å². The molecule has 0 saturated heterocycles. The van der Waals surface area contributed by atoms with Crippen LogP contribution in [-0.4, -0.2) is 0 Å². The average molecular weight is 321 g/mol. The van der Waals surface area contributed by atoms with Crippen LogP contribution in [0.1, 0.15) is 11.1 Å². The molecule has 3 aromatic carbocycles. The van der Waals surface area contributed by atoms with Crippen LogP contribution in [0.25, 0.3) is 31.3 Å². The Morgan fingerprint density at radius 2 is 1.68 bits per heavy atom. The van der Waals surface area contributed by atoms with Gasteiger partial charge in [0.1, 0.15) is 0 Å². The number of fused-ring (bicyclic) bond motifs is 7. The van der Waals surface area contributed by atoms with Crippen molar-refractivity contribution in [2.75, 3.05) is 0 Å². The first-order valence-corrected chi connectivity index (χ1v) is 8.72. The number of halogens is 1. The van der Waals surface area contributed by atoms with E-state index in [9.17, 15) is 0 Å². The number of aryl methyl sites for hydroxylation is 2. The lowest BCUT2D eigenvalue weighted by Crippen LogP contribution is -2.04. The zero-order valence-corrected chi connectivity index (χ0v) is 13.5. The van der Waals surface area contributed by atoms with Gasteiger partial charge in [0.05, 0.1) is 0 Å². The first kappa shape index (κ1) is 12.7. The van der Waals surface area contributed by atoms with Gasteiger partial charge in [0.15, 0.2) is 0 Å². The Kier molecular flexibility index (Phi) is 2.64.